The fourth-order valence-electron chi connectivity index (χ4n) is 1.55. The van der Waals surface area contributed by atoms with Gasteiger partial charge in [0.15, 0.2) is 5.65 Å². The molecule has 1 unspecified atom stereocenters. The molecule has 0 saturated heterocycles. The second kappa shape index (κ2) is 3.40. The smallest absolute Gasteiger partial charge is 0.155 e. The summed E-state index contributed by atoms with van der Waals surface area (Å²) in [4.78, 5) is 4.57. The maximum atomic E-state index is 4.57. The van der Waals surface area contributed by atoms with Gasteiger partial charge in [0, 0.05) is 17.5 Å². The molecule has 0 aliphatic heterocycles. The van der Waals surface area contributed by atoms with Crippen molar-refractivity contribution in [3.8, 4) is 0 Å². The molecule has 0 N–H and O–H groups in total. The van der Waals surface area contributed by atoms with Crippen LogP contribution in [-0.2, 0) is 0 Å². The molecule has 74 valence electrons. The first-order valence-corrected chi connectivity index (χ1v) is 5.03. The summed E-state index contributed by atoms with van der Waals surface area (Å²) in [6.07, 6.45) is 2.91. The molecule has 0 amide bonds. The van der Waals surface area contributed by atoms with Crippen LogP contribution in [0.5, 0.6) is 0 Å². The van der Waals surface area contributed by atoms with Gasteiger partial charge in [0.25, 0.3) is 0 Å². The van der Waals surface area contributed by atoms with E-state index >= 15 is 0 Å². The minimum absolute atomic E-state index is 0.522. The van der Waals surface area contributed by atoms with Crippen molar-refractivity contribution in [2.24, 2.45) is 0 Å². The van der Waals surface area contributed by atoms with Crippen molar-refractivity contribution >= 4 is 5.65 Å². The topological polar surface area (TPSA) is 30.2 Å². The van der Waals surface area contributed by atoms with Crippen LogP contribution in [0.25, 0.3) is 5.65 Å². The molecule has 2 aromatic heterocycles. The molecule has 1 atom stereocenters. The van der Waals surface area contributed by atoms with Gasteiger partial charge in [-0.15, -0.1) is 0 Å². The normalized spacial score (nSPS) is 13.4. The van der Waals surface area contributed by atoms with Crippen LogP contribution in [0.4, 0.5) is 0 Å². The van der Waals surface area contributed by atoms with E-state index in [-0.39, 0.29) is 0 Å². The van der Waals surface area contributed by atoms with Crippen molar-refractivity contribution in [2.45, 2.75) is 33.1 Å². The Kier molecular flexibility index (Phi) is 2.23. The maximum Gasteiger partial charge on any atom is 0.155 e. The lowest BCUT2D eigenvalue weighted by Crippen LogP contribution is -2.02. The predicted octanol–water partition coefficient (Wildman–Crippen LogP) is 2.55. The zero-order valence-electron chi connectivity index (χ0n) is 8.86. The summed E-state index contributed by atoms with van der Waals surface area (Å²) in [5.74, 6) is 0.522. The molecule has 3 heteroatoms. The Balaban J connectivity index is 2.58. The summed E-state index contributed by atoms with van der Waals surface area (Å²) in [5, 5.41) is 4.20. The Morgan fingerprint density at radius 1 is 1.50 bits per heavy atom. The molecule has 0 spiro atoms. The third-order valence-corrected chi connectivity index (χ3v) is 2.67. The monoisotopic (exact) mass is 189 g/mol. The lowest BCUT2D eigenvalue weighted by Gasteiger charge is -2.09. The number of aromatic nitrogens is 3. The van der Waals surface area contributed by atoms with Gasteiger partial charge in [0.2, 0.25) is 0 Å². The van der Waals surface area contributed by atoms with Crippen LogP contribution in [0, 0.1) is 6.92 Å². The molecule has 0 radical (unpaired) electrons. The highest BCUT2D eigenvalue weighted by atomic mass is 15.2. The van der Waals surface area contributed by atoms with Crippen molar-refractivity contribution in [3.63, 3.8) is 0 Å². The highest BCUT2D eigenvalue weighted by molar-refractivity contribution is 5.39. The Morgan fingerprint density at radius 2 is 2.29 bits per heavy atom. The largest absolute Gasteiger partial charge is 0.233 e. The number of rotatable bonds is 2. The summed E-state index contributed by atoms with van der Waals surface area (Å²) in [6, 6.07) is 4.06. The second-order valence-electron chi connectivity index (χ2n) is 3.73. The van der Waals surface area contributed by atoms with Crippen LogP contribution in [0.2, 0.25) is 0 Å². The molecule has 0 aromatic carbocycles. The van der Waals surface area contributed by atoms with E-state index in [1.807, 2.05) is 10.6 Å². The van der Waals surface area contributed by atoms with Crippen LogP contribution >= 0.6 is 0 Å². The molecular formula is C11H15N3. The van der Waals surface area contributed by atoms with E-state index in [0.717, 1.165) is 23.5 Å². The summed E-state index contributed by atoms with van der Waals surface area (Å²) < 4.78 is 1.87. The maximum absolute atomic E-state index is 4.57. The fourth-order valence-corrected chi connectivity index (χ4v) is 1.55. The molecule has 0 aliphatic carbocycles. The molecule has 2 rings (SSSR count). The van der Waals surface area contributed by atoms with Gasteiger partial charge in [-0.05, 0) is 25.3 Å². The van der Waals surface area contributed by atoms with Crippen molar-refractivity contribution in [1.82, 2.24) is 14.6 Å². The first-order valence-electron chi connectivity index (χ1n) is 5.03. The van der Waals surface area contributed by atoms with E-state index in [9.17, 15) is 0 Å². The highest BCUT2D eigenvalue weighted by Crippen LogP contribution is 2.18. The number of hydrogen-bond donors (Lipinski definition) is 0. The van der Waals surface area contributed by atoms with E-state index in [1.165, 1.54) is 0 Å². The molecule has 0 aliphatic rings. The molecule has 0 saturated carbocycles. The van der Waals surface area contributed by atoms with Crippen molar-refractivity contribution < 1.29 is 0 Å². The van der Waals surface area contributed by atoms with Crippen LogP contribution in [-0.4, -0.2) is 14.6 Å². The van der Waals surface area contributed by atoms with Gasteiger partial charge in [0.1, 0.15) is 0 Å². The van der Waals surface area contributed by atoms with Gasteiger partial charge in [0.05, 0.1) is 6.20 Å². The average Bonchev–Trinajstić information content (AvgIpc) is 2.64. The van der Waals surface area contributed by atoms with E-state index in [0.29, 0.717) is 5.92 Å². The zero-order chi connectivity index (χ0) is 10.1. The molecular weight excluding hydrogens is 174 g/mol. The summed E-state index contributed by atoms with van der Waals surface area (Å²) in [7, 11) is 0. The summed E-state index contributed by atoms with van der Waals surface area (Å²) in [5.41, 5.74) is 3.26. The average molecular weight is 189 g/mol. The SMILES string of the molecule is CCC(C)c1cc(C)n2nccc2n1. The van der Waals surface area contributed by atoms with Crippen molar-refractivity contribution in [2.75, 3.05) is 0 Å². The van der Waals surface area contributed by atoms with Crippen molar-refractivity contribution in [3.05, 3.63) is 29.7 Å². The lowest BCUT2D eigenvalue weighted by atomic mass is 10.0. The van der Waals surface area contributed by atoms with Gasteiger partial charge in [-0.1, -0.05) is 13.8 Å². The van der Waals surface area contributed by atoms with Crippen molar-refractivity contribution in [1.29, 1.82) is 0 Å². The molecule has 0 fully saturated rings. The third-order valence-electron chi connectivity index (χ3n) is 2.67. The molecule has 2 aromatic rings. The highest BCUT2D eigenvalue weighted by Gasteiger charge is 2.07. The Morgan fingerprint density at radius 3 is 3.00 bits per heavy atom. The number of aryl methyl sites for hydroxylation is 1. The van der Waals surface area contributed by atoms with E-state index in [4.69, 9.17) is 0 Å². The standard InChI is InChI=1S/C11H15N3/c1-4-8(2)10-7-9(3)14-11(13-10)5-6-12-14/h5-8H,4H2,1-3H3. The minimum atomic E-state index is 0.522. The second-order valence-corrected chi connectivity index (χ2v) is 3.73. The predicted molar refractivity (Wildman–Crippen MR) is 56.4 cm³/mol. The van der Waals surface area contributed by atoms with Gasteiger partial charge in [-0.3, -0.25) is 0 Å². The number of nitrogens with zero attached hydrogens (tertiary/aromatic N) is 3. The fraction of sp³-hybridized carbons (Fsp3) is 0.455. The zero-order valence-corrected chi connectivity index (χ0v) is 8.86. The lowest BCUT2D eigenvalue weighted by molar-refractivity contribution is 0.701. The molecule has 0 bridgehead atoms. The van der Waals surface area contributed by atoms with Gasteiger partial charge < -0.3 is 0 Å². The summed E-state index contributed by atoms with van der Waals surface area (Å²) >= 11 is 0. The Labute approximate surface area is 83.8 Å². The van der Waals surface area contributed by atoms with Gasteiger partial charge in [-0.2, -0.15) is 5.10 Å². The number of hydrogen-bond acceptors (Lipinski definition) is 2. The molecule has 2 heterocycles. The number of fused-ring (bicyclic) bond motifs is 1. The first kappa shape index (κ1) is 9.19. The molecule has 14 heavy (non-hydrogen) atoms. The molecule has 3 nitrogen and oxygen atoms in total. The van der Waals surface area contributed by atoms with E-state index < -0.39 is 0 Å². The van der Waals surface area contributed by atoms with Crippen LogP contribution in [0.3, 0.4) is 0 Å². The van der Waals surface area contributed by atoms with Crippen LogP contribution in [0.15, 0.2) is 18.3 Å². The Hall–Kier alpha value is -1.38. The quantitative estimate of drug-likeness (QED) is 0.726. The van der Waals surface area contributed by atoms with Crippen LogP contribution < -0.4 is 0 Å². The van der Waals surface area contributed by atoms with E-state index in [2.05, 4.69) is 36.9 Å². The van der Waals surface area contributed by atoms with E-state index in [1.54, 1.807) is 6.20 Å². The Bertz CT molecular complexity index is 445. The summed E-state index contributed by atoms with van der Waals surface area (Å²) in [6.45, 7) is 6.45. The minimum Gasteiger partial charge on any atom is -0.233 e. The van der Waals surface area contributed by atoms with Crippen LogP contribution in [0.1, 0.15) is 37.6 Å². The first-order chi connectivity index (χ1) is 6.72. The van der Waals surface area contributed by atoms with Gasteiger partial charge >= 0.3 is 0 Å². The third kappa shape index (κ3) is 1.39. The van der Waals surface area contributed by atoms with Gasteiger partial charge in [-0.25, -0.2) is 9.50 Å².